The van der Waals surface area contributed by atoms with Gasteiger partial charge in [0.25, 0.3) is 0 Å². The van der Waals surface area contributed by atoms with Crippen LogP contribution in [0.1, 0.15) is 12.8 Å². The molecule has 2 aromatic rings. The second-order valence-corrected chi connectivity index (χ2v) is 4.34. The largest absolute Gasteiger partial charge is 1.00 e. The predicted octanol–water partition coefficient (Wildman–Crippen LogP) is -5.57. The monoisotopic (exact) mass is 474 g/mol. The lowest BCUT2D eigenvalue weighted by atomic mass is 10.3. The fourth-order valence-corrected chi connectivity index (χ4v) is 1.86. The molecule has 102 valence electrons. The van der Waals surface area contributed by atoms with Crippen molar-refractivity contribution in [2.75, 3.05) is 0 Å². The van der Waals surface area contributed by atoms with Crippen molar-refractivity contribution < 1.29 is 57.1 Å². The molecule has 0 saturated carbocycles. The molecule has 0 atom stereocenters. The highest BCUT2D eigenvalue weighted by Crippen LogP contribution is 1.90. The molecule has 0 saturated heterocycles. The van der Waals surface area contributed by atoms with Gasteiger partial charge in [-0.15, -0.1) is 0 Å². The summed E-state index contributed by atoms with van der Waals surface area (Å²) in [6, 6.07) is 0. The van der Waals surface area contributed by atoms with E-state index in [-0.39, 0.29) is 48.0 Å². The lowest BCUT2D eigenvalue weighted by Crippen LogP contribution is -3.00. The van der Waals surface area contributed by atoms with Crippen LogP contribution in [0.3, 0.4) is 0 Å². The molecule has 0 radical (unpaired) electrons. The molecule has 0 bridgehead atoms. The first kappa shape index (κ1) is 17.9. The van der Waals surface area contributed by atoms with Crippen LogP contribution in [0.15, 0.2) is 37.4 Å². The maximum Gasteiger partial charge on any atom is 0.243 e. The molecule has 2 rings (SSSR count). The Morgan fingerprint density at radius 1 is 0.778 bits per heavy atom. The molecule has 18 heavy (non-hydrogen) atoms. The van der Waals surface area contributed by atoms with E-state index in [1.165, 1.54) is 12.8 Å². The molecular weight excluding hydrogens is 454 g/mol. The molecule has 0 aliphatic rings. The maximum atomic E-state index is 2.23. The van der Waals surface area contributed by atoms with E-state index in [1.807, 2.05) is 0 Å². The van der Waals surface area contributed by atoms with Gasteiger partial charge in [0.15, 0.2) is 0 Å². The SMILES string of the molecule is Cn1cc[n+](CCCC[n+]2ccn(C)c2)c1.[I-].[I-]. The summed E-state index contributed by atoms with van der Waals surface area (Å²) in [5, 5.41) is 0. The zero-order chi connectivity index (χ0) is 11.4. The molecule has 0 unspecified atom stereocenters. The average Bonchev–Trinajstić information content (AvgIpc) is 2.83. The standard InChI is InChI=1S/C12H20N4.2HI/c1-13-7-9-15(11-13)5-3-4-6-16-10-8-14(2)12-16;;/h7-12H,3-6H2,1-2H3;2*1H/q+2;;/p-2. The van der Waals surface area contributed by atoms with Gasteiger partial charge < -0.3 is 48.0 Å². The zero-order valence-electron chi connectivity index (χ0n) is 10.8. The number of hydrogen-bond donors (Lipinski definition) is 0. The first-order valence-electron chi connectivity index (χ1n) is 5.76. The lowest BCUT2D eigenvalue weighted by Gasteiger charge is -1.96. The van der Waals surface area contributed by atoms with Gasteiger partial charge in [0.2, 0.25) is 12.7 Å². The molecule has 2 aromatic heterocycles. The number of imidazole rings is 2. The summed E-state index contributed by atoms with van der Waals surface area (Å²) in [5.41, 5.74) is 0. The minimum absolute atomic E-state index is 0. The molecule has 0 aromatic carbocycles. The molecule has 0 aliphatic heterocycles. The van der Waals surface area contributed by atoms with E-state index in [0.29, 0.717) is 0 Å². The number of nitrogens with zero attached hydrogens (tertiary/aromatic N) is 4. The normalized spacial score (nSPS) is 9.67. The number of hydrogen-bond acceptors (Lipinski definition) is 0. The Morgan fingerprint density at radius 2 is 1.17 bits per heavy atom. The molecule has 0 N–H and O–H groups in total. The third kappa shape index (κ3) is 5.68. The highest BCUT2D eigenvalue weighted by atomic mass is 127. The van der Waals surface area contributed by atoms with Crippen molar-refractivity contribution in [2.45, 2.75) is 25.9 Å². The van der Waals surface area contributed by atoms with Crippen LogP contribution in [0.25, 0.3) is 0 Å². The van der Waals surface area contributed by atoms with Crippen molar-refractivity contribution >= 4 is 0 Å². The summed E-state index contributed by atoms with van der Waals surface area (Å²) in [6.07, 6.45) is 15.1. The van der Waals surface area contributed by atoms with Crippen LogP contribution in [0.4, 0.5) is 0 Å². The van der Waals surface area contributed by atoms with Crippen LogP contribution < -0.4 is 57.1 Å². The number of rotatable bonds is 5. The van der Waals surface area contributed by atoms with Crippen LogP contribution in [0, 0.1) is 0 Å². The van der Waals surface area contributed by atoms with E-state index < -0.39 is 0 Å². The molecule has 0 spiro atoms. The van der Waals surface area contributed by atoms with Gasteiger partial charge in [-0.1, -0.05) is 0 Å². The van der Waals surface area contributed by atoms with Crippen LogP contribution in [0.2, 0.25) is 0 Å². The van der Waals surface area contributed by atoms with Crippen LogP contribution in [-0.2, 0) is 27.2 Å². The quantitative estimate of drug-likeness (QED) is 0.234. The second-order valence-electron chi connectivity index (χ2n) is 4.34. The smallest absolute Gasteiger partial charge is 0.243 e. The van der Waals surface area contributed by atoms with Gasteiger partial charge >= 0.3 is 0 Å². The summed E-state index contributed by atoms with van der Waals surface area (Å²) in [5.74, 6) is 0. The molecule has 2 heterocycles. The Hall–Kier alpha value is -0.120. The van der Waals surface area contributed by atoms with Gasteiger partial charge in [-0.25, -0.2) is 18.3 Å². The third-order valence-electron chi connectivity index (χ3n) is 2.73. The molecule has 0 amide bonds. The molecule has 6 heteroatoms. The van der Waals surface area contributed by atoms with Crippen molar-refractivity contribution in [3.05, 3.63) is 37.4 Å². The minimum Gasteiger partial charge on any atom is -1.00 e. The van der Waals surface area contributed by atoms with Crippen molar-refractivity contribution in [1.82, 2.24) is 9.13 Å². The van der Waals surface area contributed by atoms with Crippen molar-refractivity contribution in [1.29, 1.82) is 0 Å². The fraction of sp³-hybridized carbons (Fsp3) is 0.500. The zero-order valence-corrected chi connectivity index (χ0v) is 15.2. The summed E-state index contributed by atoms with van der Waals surface area (Å²) >= 11 is 0. The average molecular weight is 474 g/mol. The summed E-state index contributed by atoms with van der Waals surface area (Å²) in [6.45, 7) is 2.21. The fourth-order valence-electron chi connectivity index (χ4n) is 1.86. The molecule has 0 fully saturated rings. The molecular formula is C12H20I2N4. The Labute approximate surface area is 143 Å². The Kier molecular flexibility index (Phi) is 8.83. The first-order valence-corrected chi connectivity index (χ1v) is 5.76. The first-order chi connectivity index (χ1) is 7.74. The number of aryl methyl sites for hydroxylation is 4. The van der Waals surface area contributed by atoms with Crippen molar-refractivity contribution in [2.24, 2.45) is 14.1 Å². The van der Waals surface area contributed by atoms with Gasteiger partial charge in [-0.2, -0.15) is 0 Å². The van der Waals surface area contributed by atoms with Crippen molar-refractivity contribution in [3.8, 4) is 0 Å². The maximum absolute atomic E-state index is 2.23. The summed E-state index contributed by atoms with van der Waals surface area (Å²) in [7, 11) is 4.10. The van der Waals surface area contributed by atoms with Gasteiger partial charge in [-0.05, 0) is 12.8 Å². The van der Waals surface area contributed by atoms with Gasteiger partial charge in [0, 0.05) is 0 Å². The Balaban J connectivity index is 0.00000144. The molecule has 0 aliphatic carbocycles. The third-order valence-corrected chi connectivity index (χ3v) is 2.73. The number of aromatic nitrogens is 4. The second kappa shape index (κ2) is 8.89. The van der Waals surface area contributed by atoms with Crippen LogP contribution in [-0.4, -0.2) is 9.13 Å². The number of unbranched alkanes of at least 4 members (excludes halogenated alkanes) is 1. The van der Waals surface area contributed by atoms with E-state index in [0.717, 1.165) is 13.1 Å². The van der Waals surface area contributed by atoms with E-state index in [2.05, 4.69) is 69.8 Å². The van der Waals surface area contributed by atoms with Crippen LogP contribution >= 0.6 is 0 Å². The summed E-state index contributed by atoms with van der Waals surface area (Å²) < 4.78 is 8.61. The minimum atomic E-state index is 0. The number of halogens is 2. The predicted molar refractivity (Wildman–Crippen MR) is 60.5 cm³/mol. The van der Waals surface area contributed by atoms with E-state index in [9.17, 15) is 0 Å². The van der Waals surface area contributed by atoms with Gasteiger partial charge in [-0.3, -0.25) is 0 Å². The van der Waals surface area contributed by atoms with E-state index in [4.69, 9.17) is 0 Å². The van der Waals surface area contributed by atoms with Gasteiger partial charge in [0.1, 0.15) is 24.8 Å². The van der Waals surface area contributed by atoms with E-state index in [1.54, 1.807) is 0 Å². The Morgan fingerprint density at radius 3 is 1.44 bits per heavy atom. The highest BCUT2D eigenvalue weighted by molar-refractivity contribution is 4.62. The lowest BCUT2D eigenvalue weighted by molar-refractivity contribution is -0.707. The highest BCUT2D eigenvalue weighted by Gasteiger charge is 2.02. The molecule has 4 nitrogen and oxygen atoms in total. The van der Waals surface area contributed by atoms with E-state index >= 15 is 0 Å². The van der Waals surface area contributed by atoms with Crippen molar-refractivity contribution in [3.63, 3.8) is 0 Å². The summed E-state index contributed by atoms with van der Waals surface area (Å²) in [4.78, 5) is 0. The van der Waals surface area contributed by atoms with Crippen LogP contribution in [0.5, 0.6) is 0 Å². The topological polar surface area (TPSA) is 17.6 Å². The Bertz CT molecular complexity index is 408. The van der Waals surface area contributed by atoms with Gasteiger partial charge in [0.05, 0.1) is 27.2 Å².